The fourth-order valence-corrected chi connectivity index (χ4v) is 4.51. The molecule has 1 amide bonds. The molecule has 144 valence electrons. The first-order chi connectivity index (χ1) is 12.7. The van der Waals surface area contributed by atoms with Crippen molar-refractivity contribution >= 4 is 11.7 Å². The number of hydrogen-bond donors (Lipinski definition) is 0. The zero-order valence-electron chi connectivity index (χ0n) is 16.2. The van der Waals surface area contributed by atoms with Crippen LogP contribution in [-0.2, 0) is 16.0 Å². The molecule has 0 N–H and O–H groups in total. The number of anilines is 1. The second kappa shape index (κ2) is 8.80. The number of hydrogen-bond acceptors (Lipinski definition) is 5. The Balaban J connectivity index is 1.72. The average molecular weight is 361 g/mol. The van der Waals surface area contributed by atoms with E-state index in [0.29, 0.717) is 18.9 Å². The summed E-state index contributed by atoms with van der Waals surface area (Å²) in [5.74, 6) is 1.40. The van der Waals surface area contributed by atoms with E-state index in [2.05, 4.69) is 26.7 Å². The molecule has 0 bridgehead atoms. The minimum absolute atomic E-state index is 0.202. The molecule has 0 aliphatic carbocycles. The molecule has 2 aliphatic rings. The number of likely N-dealkylation sites (tertiary alicyclic amines) is 1. The Hall–Kier alpha value is -1.69. The topological polar surface area (TPSA) is 58.6 Å². The molecule has 6 heteroatoms. The highest BCUT2D eigenvalue weighted by atomic mass is 16.5. The minimum atomic E-state index is 0.202. The molecule has 6 nitrogen and oxygen atoms in total. The van der Waals surface area contributed by atoms with Crippen molar-refractivity contribution in [2.24, 2.45) is 5.41 Å². The summed E-state index contributed by atoms with van der Waals surface area (Å²) in [5.41, 5.74) is 1.45. The second-order valence-corrected chi connectivity index (χ2v) is 7.81. The third-order valence-electron chi connectivity index (χ3n) is 5.77. The third-order valence-corrected chi connectivity index (χ3v) is 5.77. The van der Waals surface area contributed by atoms with E-state index < -0.39 is 0 Å². The van der Waals surface area contributed by atoms with E-state index >= 15 is 0 Å². The van der Waals surface area contributed by atoms with Gasteiger partial charge >= 0.3 is 0 Å². The number of aryl methyl sites for hydroxylation is 1. The van der Waals surface area contributed by atoms with Crippen LogP contribution in [0.3, 0.4) is 0 Å². The molecule has 3 rings (SSSR count). The van der Waals surface area contributed by atoms with E-state index in [0.717, 1.165) is 64.1 Å². The standard InChI is InChI=1S/C20H32N4O2/c1-3-6-17-13-21-16-22-19(17)24-10-4-8-20(15-24)9-7-18(25)23(14-20)11-5-12-26-2/h13,16H,3-12,14-15H2,1-2H3/t20-/m1/s1. The largest absolute Gasteiger partial charge is 0.385 e. The maximum absolute atomic E-state index is 12.4. The Morgan fingerprint density at radius 3 is 3.00 bits per heavy atom. The molecule has 1 spiro atoms. The molecule has 0 saturated carbocycles. The van der Waals surface area contributed by atoms with Gasteiger partial charge in [0.15, 0.2) is 0 Å². The maximum atomic E-state index is 12.4. The lowest BCUT2D eigenvalue weighted by Gasteiger charge is -2.48. The van der Waals surface area contributed by atoms with Gasteiger partial charge in [-0.1, -0.05) is 13.3 Å². The van der Waals surface area contributed by atoms with Crippen LogP contribution in [0, 0.1) is 5.41 Å². The predicted molar refractivity (Wildman–Crippen MR) is 102 cm³/mol. The number of rotatable bonds is 7. The van der Waals surface area contributed by atoms with Gasteiger partial charge in [0.05, 0.1) is 0 Å². The monoisotopic (exact) mass is 360 g/mol. The summed E-state index contributed by atoms with van der Waals surface area (Å²) >= 11 is 0. The highest BCUT2D eigenvalue weighted by Gasteiger charge is 2.42. The van der Waals surface area contributed by atoms with Gasteiger partial charge < -0.3 is 14.5 Å². The number of nitrogens with zero attached hydrogens (tertiary/aromatic N) is 4. The summed E-state index contributed by atoms with van der Waals surface area (Å²) < 4.78 is 5.16. The summed E-state index contributed by atoms with van der Waals surface area (Å²) in [6, 6.07) is 0. The number of piperidine rings is 2. The fraction of sp³-hybridized carbons (Fsp3) is 0.750. The van der Waals surface area contributed by atoms with Crippen LogP contribution in [0.4, 0.5) is 5.82 Å². The first-order valence-electron chi connectivity index (χ1n) is 9.98. The Morgan fingerprint density at radius 2 is 2.19 bits per heavy atom. The van der Waals surface area contributed by atoms with E-state index in [1.54, 1.807) is 13.4 Å². The van der Waals surface area contributed by atoms with Crippen LogP contribution in [0.2, 0.25) is 0 Å². The van der Waals surface area contributed by atoms with Gasteiger partial charge in [-0.3, -0.25) is 4.79 Å². The smallest absolute Gasteiger partial charge is 0.222 e. The van der Waals surface area contributed by atoms with Crippen LogP contribution in [-0.4, -0.2) is 60.7 Å². The highest BCUT2D eigenvalue weighted by Crippen LogP contribution is 2.40. The van der Waals surface area contributed by atoms with Gasteiger partial charge in [-0.15, -0.1) is 0 Å². The number of carbonyl (C=O) groups is 1. The van der Waals surface area contributed by atoms with Crippen LogP contribution >= 0.6 is 0 Å². The van der Waals surface area contributed by atoms with E-state index in [1.807, 2.05) is 6.20 Å². The quantitative estimate of drug-likeness (QED) is 0.700. The molecule has 2 aliphatic heterocycles. The van der Waals surface area contributed by atoms with E-state index in [1.165, 1.54) is 12.0 Å². The van der Waals surface area contributed by atoms with Crippen LogP contribution < -0.4 is 4.90 Å². The van der Waals surface area contributed by atoms with Crippen molar-refractivity contribution in [1.82, 2.24) is 14.9 Å². The Labute approximate surface area is 156 Å². The molecule has 1 aromatic rings. The second-order valence-electron chi connectivity index (χ2n) is 7.81. The van der Waals surface area contributed by atoms with Crippen LogP contribution in [0.5, 0.6) is 0 Å². The summed E-state index contributed by atoms with van der Waals surface area (Å²) in [5, 5.41) is 0. The summed E-state index contributed by atoms with van der Waals surface area (Å²) in [6.45, 7) is 6.63. The first-order valence-corrected chi connectivity index (χ1v) is 9.98. The first kappa shape index (κ1) is 19.1. The molecule has 1 atom stereocenters. The van der Waals surface area contributed by atoms with Crippen molar-refractivity contribution in [2.75, 3.05) is 44.8 Å². The van der Waals surface area contributed by atoms with Gasteiger partial charge in [0, 0.05) is 63.5 Å². The highest BCUT2D eigenvalue weighted by molar-refractivity contribution is 5.77. The summed E-state index contributed by atoms with van der Waals surface area (Å²) in [6.07, 6.45) is 10.7. The molecule has 2 saturated heterocycles. The van der Waals surface area contributed by atoms with Crippen molar-refractivity contribution in [1.29, 1.82) is 0 Å². The molecule has 3 heterocycles. The average Bonchev–Trinajstić information content (AvgIpc) is 2.66. The molecule has 0 aromatic carbocycles. The lowest BCUT2D eigenvalue weighted by Crippen LogP contribution is -2.54. The number of methoxy groups -OCH3 is 1. The normalized spacial score (nSPS) is 23.7. The molecule has 26 heavy (non-hydrogen) atoms. The van der Waals surface area contributed by atoms with E-state index in [-0.39, 0.29) is 5.41 Å². The van der Waals surface area contributed by atoms with Crippen LogP contribution in [0.15, 0.2) is 12.5 Å². The lowest BCUT2D eigenvalue weighted by atomic mass is 9.73. The molecular formula is C20H32N4O2. The predicted octanol–water partition coefficient (Wildman–Crippen LogP) is 2.67. The maximum Gasteiger partial charge on any atom is 0.222 e. The molecule has 0 unspecified atom stereocenters. The van der Waals surface area contributed by atoms with Gasteiger partial charge in [0.2, 0.25) is 5.91 Å². The molecule has 0 radical (unpaired) electrons. The number of aromatic nitrogens is 2. The van der Waals surface area contributed by atoms with Gasteiger partial charge in [0.1, 0.15) is 12.1 Å². The lowest BCUT2D eigenvalue weighted by molar-refractivity contribution is -0.138. The van der Waals surface area contributed by atoms with Crippen molar-refractivity contribution in [2.45, 2.75) is 51.9 Å². The van der Waals surface area contributed by atoms with Crippen molar-refractivity contribution in [3.8, 4) is 0 Å². The number of amides is 1. The van der Waals surface area contributed by atoms with Gasteiger partial charge in [0.25, 0.3) is 0 Å². The Morgan fingerprint density at radius 1 is 1.31 bits per heavy atom. The Bertz CT molecular complexity index is 609. The van der Waals surface area contributed by atoms with Gasteiger partial charge in [-0.2, -0.15) is 0 Å². The molecular weight excluding hydrogens is 328 g/mol. The molecule has 2 fully saturated rings. The van der Waals surface area contributed by atoms with Crippen molar-refractivity contribution in [3.63, 3.8) is 0 Å². The van der Waals surface area contributed by atoms with Crippen LogP contribution in [0.25, 0.3) is 0 Å². The SMILES string of the molecule is CCCc1cncnc1N1CCC[C@]2(CCC(=O)N(CCCOC)C2)C1. The Kier molecular flexibility index (Phi) is 6.46. The molecule has 1 aromatic heterocycles. The minimum Gasteiger partial charge on any atom is -0.385 e. The third kappa shape index (κ3) is 4.34. The van der Waals surface area contributed by atoms with Gasteiger partial charge in [-0.05, 0) is 32.1 Å². The van der Waals surface area contributed by atoms with E-state index in [4.69, 9.17) is 4.74 Å². The zero-order chi connectivity index (χ0) is 18.4. The van der Waals surface area contributed by atoms with E-state index in [9.17, 15) is 4.79 Å². The fourth-order valence-electron chi connectivity index (χ4n) is 4.51. The number of ether oxygens (including phenoxy) is 1. The van der Waals surface area contributed by atoms with Gasteiger partial charge in [-0.25, -0.2) is 9.97 Å². The zero-order valence-corrected chi connectivity index (χ0v) is 16.2. The summed E-state index contributed by atoms with van der Waals surface area (Å²) in [4.78, 5) is 25.7. The summed E-state index contributed by atoms with van der Waals surface area (Å²) in [7, 11) is 1.72. The number of carbonyl (C=O) groups excluding carboxylic acids is 1. The van der Waals surface area contributed by atoms with Crippen molar-refractivity contribution in [3.05, 3.63) is 18.1 Å². The van der Waals surface area contributed by atoms with Crippen LogP contribution in [0.1, 0.15) is 51.0 Å². The van der Waals surface area contributed by atoms with Crippen molar-refractivity contribution < 1.29 is 9.53 Å².